The molecule has 0 fully saturated rings. The van der Waals surface area contributed by atoms with Gasteiger partial charge >= 0.3 is 0 Å². The van der Waals surface area contributed by atoms with Crippen molar-refractivity contribution in [3.63, 3.8) is 0 Å². The van der Waals surface area contributed by atoms with Crippen molar-refractivity contribution in [2.24, 2.45) is 0 Å². The third-order valence-corrected chi connectivity index (χ3v) is 6.43. The first-order valence-electron chi connectivity index (χ1n) is 4.84. The van der Waals surface area contributed by atoms with Crippen LogP contribution in [0.5, 0.6) is 0 Å². The fourth-order valence-electron chi connectivity index (χ4n) is 1.56. The van der Waals surface area contributed by atoms with E-state index in [0.717, 1.165) is 14.2 Å². The molecule has 0 N–H and O–H groups in total. The van der Waals surface area contributed by atoms with Crippen molar-refractivity contribution in [3.05, 3.63) is 53.2 Å². The van der Waals surface area contributed by atoms with E-state index < -0.39 is 0 Å². The van der Waals surface area contributed by atoms with Crippen LogP contribution in [0.15, 0.2) is 24.3 Å². The van der Waals surface area contributed by atoms with Gasteiger partial charge < -0.3 is 0 Å². The van der Waals surface area contributed by atoms with Gasteiger partial charge in [-0.05, 0) is 46.7 Å². The van der Waals surface area contributed by atoms with Crippen LogP contribution in [0.2, 0.25) is 8.67 Å². The Balaban J connectivity index is 2.47. The summed E-state index contributed by atoms with van der Waals surface area (Å²) in [5, 5.41) is 0. The van der Waals surface area contributed by atoms with Crippen molar-refractivity contribution in [3.8, 4) is 0 Å². The molecule has 5 heteroatoms. The maximum absolute atomic E-state index is 6.18. The van der Waals surface area contributed by atoms with Crippen molar-refractivity contribution in [1.82, 2.24) is 0 Å². The molecule has 0 nitrogen and oxygen atoms in total. The highest BCUT2D eigenvalue weighted by Gasteiger charge is 2.19. The molecule has 0 bridgehead atoms. The lowest BCUT2D eigenvalue weighted by Crippen LogP contribution is -1.96. The highest BCUT2D eigenvalue weighted by molar-refractivity contribution is 14.1. The lowest BCUT2D eigenvalue weighted by atomic mass is 10.1. The zero-order valence-electron chi connectivity index (χ0n) is 8.81. The van der Waals surface area contributed by atoms with Crippen LogP contribution in [0.25, 0.3) is 0 Å². The molecule has 0 amide bonds. The third kappa shape index (κ3) is 3.00. The Labute approximate surface area is 137 Å². The predicted octanol–water partition coefficient (Wildman–Crippen LogP) is 6.45. The molecule has 90 valence electrons. The van der Waals surface area contributed by atoms with E-state index in [1.165, 1.54) is 26.0 Å². The fraction of sp³-hybridized carbons (Fsp3) is 0.167. The summed E-state index contributed by atoms with van der Waals surface area (Å²) in [5.74, 6) is 0. The average molecular weight is 462 g/mol. The topological polar surface area (TPSA) is 0 Å². The lowest BCUT2D eigenvalue weighted by molar-refractivity contribution is 1.16. The summed E-state index contributed by atoms with van der Waals surface area (Å²) in [6, 6.07) is 8.19. The smallest absolute Gasteiger partial charge is 0.0990 e. The SMILES string of the molecule is Cc1cccc(C(Br)c2cc(Cl)sc2Cl)c1I. The molecule has 0 aliphatic carbocycles. The molecule has 0 aliphatic rings. The Kier molecular flexibility index (Phi) is 4.80. The summed E-state index contributed by atoms with van der Waals surface area (Å²) in [7, 11) is 0. The highest BCUT2D eigenvalue weighted by atomic mass is 127. The maximum atomic E-state index is 6.18. The second kappa shape index (κ2) is 5.78. The van der Waals surface area contributed by atoms with E-state index in [9.17, 15) is 0 Å². The Hall–Kier alpha value is 0.710. The van der Waals surface area contributed by atoms with Crippen molar-refractivity contribution < 1.29 is 0 Å². The van der Waals surface area contributed by atoms with Gasteiger partial charge in [-0.15, -0.1) is 11.3 Å². The zero-order chi connectivity index (χ0) is 12.6. The van der Waals surface area contributed by atoms with Gasteiger partial charge in [0.1, 0.15) is 0 Å². The number of rotatable bonds is 2. The van der Waals surface area contributed by atoms with E-state index in [1.807, 2.05) is 6.07 Å². The molecule has 1 atom stereocenters. The van der Waals surface area contributed by atoms with Crippen LogP contribution in [0, 0.1) is 10.5 Å². The van der Waals surface area contributed by atoms with E-state index in [1.54, 1.807) is 0 Å². The number of halogens is 4. The highest BCUT2D eigenvalue weighted by Crippen LogP contribution is 2.42. The minimum absolute atomic E-state index is 0.0885. The molecule has 0 spiro atoms. The second-order valence-corrected chi connectivity index (χ2v) is 7.90. The van der Waals surface area contributed by atoms with Crippen LogP contribution in [-0.4, -0.2) is 0 Å². The number of benzene rings is 1. The maximum Gasteiger partial charge on any atom is 0.0990 e. The van der Waals surface area contributed by atoms with Crippen LogP contribution in [0.3, 0.4) is 0 Å². The van der Waals surface area contributed by atoms with Gasteiger partial charge in [0.15, 0.2) is 0 Å². The molecule has 2 rings (SSSR count). The summed E-state index contributed by atoms with van der Waals surface area (Å²) in [6.45, 7) is 2.10. The van der Waals surface area contributed by atoms with Crippen LogP contribution in [-0.2, 0) is 0 Å². The molecule has 1 heterocycles. The van der Waals surface area contributed by atoms with Gasteiger partial charge in [-0.2, -0.15) is 0 Å². The van der Waals surface area contributed by atoms with Crippen LogP contribution in [0.1, 0.15) is 21.5 Å². The second-order valence-electron chi connectivity index (χ2n) is 3.62. The standard InChI is InChI=1S/C12H8BrCl2IS/c1-6-3-2-4-7(11(6)16)10(13)8-5-9(14)17-12(8)15/h2-5,10H,1H3. The van der Waals surface area contributed by atoms with E-state index in [4.69, 9.17) is 23.2 Å². The number of hydrogen-bond acceptors (Lipinski definition) is 1. The fourth-order valence-corrected chi connectivity index (χ4v) is 5.22. The molecule has 0 aliphatic heterocycles. The Morgan fingerprint density at radius 2 is 2.00 bits per heavy atom. The summed E-state index contributed by atoms with van der Waals surface area (Å²) < 4.78 is 2.72. The molecule has 17 heavy (non-hydrogen) atoms. The third-order valence-electron chi connectivity index (χ3n) is 2.45. The molecule has 1 unspecified atom stereocenters. The number of aryl methyl sites for hydroxylation is 1. The first-order valence-corrected chi connectivity index (χ1v) is 8.41. The Morgan fingerprint density at radius 3 is 2.59 bits per heavy atom. The predicted molar refractivity (Wildman–Crippen MR) is 89.0 cm³/mol. The zero-order valence-corrected chi connectivity index (χ0v) is 14.9. The van der Waals surface area contributed by atoms with Crippen LogP contribution in [0.4, 0.5) is 0 Å². The molecule has 2 aromatic rings. The minimum atomic E-state index is 0.0885. The number of thiophene rings is 1. The molecule has 0 saturated carbocycles. The Bertz CT molecular complexity index is 553. The summed E-state index contributed by atoms with van der Waals surface area (Å²) in [4.78, 5) is 0.0885. The molecule has 1 aromatic carbocycles. The molecule has 1 aromatic heterocycles. The van der Waals surface area contributed by atoms with Gasteiger partial charge in [-0.25, -0.2) is 0 Å². The quantitative estimate of drug-likeness (QED) is 0.356. The van der Waals surface area contributed by atoms with Crippen LogP contribution >= 0.6 is 73.1 Å². The van der Waals surface area contributed by atoms with E-state index >= 15 is 0 Å². The monoisotopic (exact) mass is 460 g/mol. The van der Waals surface area contributed by atoms with Gasteiger partial charge in [0.05, 0.1) is 13.5 Å². The van der Waals surface area contributed by atoms with E-state index in [0.29, 0.717) is 0 Å². The van der Waals surface area contributed by atoms with Crippen LogP contribution < -0.4 is 0 Å². The van der Waals surface area contributed by atoms with E-state index in [2.05, 4.69) is 63.6 Å². The van der Waals surface area contributed by atoms with Crippen molar-refractivity contribution in [1.29, 1.82) is 0 Å². The summed E-state index contributed by atoms with van der Waals surface area (Å²) >= 11 is 19.6. The first kappa shape index (κ1) is 14.1. The van der Waals surface area contributed by atoms with E-state index in [-0.39, 0.29) is 4.83 Å². The largest absolute Gasteiger partial charge is 0.111 e. The van der Waals surface area contributed by atoms with Crippen molar-refractivity contribution in [2.75, 3.05) is 0 Å². The summed E-state index contributed by atoms with van der Waals surface area (Å²) in [6.07, 6.45) is 0. The first-order chi connectivity index (χ1) is 8.00. The van der Waals surface area contributed by atoms with Gasteiger partial charge in [0, 0.05) is 9.13 Å². The van der Waals surface area contributed by atoms with Gasteiger partial charge in [-0.3, -0.25) is 0 Å². The Morgan fingerprint density at radius 1 is 1.29 bits per heavy atom. The molecular formula is C12H8BrCl2IS. The minimum Gasteiger partial charge on any atom is -0.111 e. The van der Waals surface area contributed by atoms with Crippen molar-refractivity contribution >= 4 is 73.1 Å². The average Bonchev–Trinajstić information content (AvgIpc) is 2.61. The number of alkyl halides is 1. The molecule has 0 saturated heterocycles. The van der Waals surface area contributed by atoms with Gasteiger partial charge in [-0.1, -0.05) is 57.3 Å². The van der Waals surface area contributed by atoms with Gasteiger partial charge in [0.2, 0.25) is 0 Å². The lowest BCUT2D eigenvalue weighted by Gasteiger charge is -2.13. The number of hydrogen-bond donors (Lipinski definition) is 0. The molecular weight excluding hydrogens is 454 g/mol. The normalized spacial score (nSPS) is 12.8. The molecule has 0 radical (unpaired) electrons. The summed E-state index contributed by atoms with van der Waals surface area (Å²) in [5.41, 5.74) is 3.53. The van der Waals surface area contributed by atoms with Crippen molar-refractivity contribution in [2.45, 2.75) is 11.8 Å². The van der Waals surface area contributed by atoms with Gasteiger partial charge in [0.25, 0.3) is 0 Å².